The van der Waals surface area contributed by atoms with Gasteiger partial charge in [-0.25, -0.2) is 0 Å². The highest BCUT2D eigenvalue weighted by molar-refractivity contribution is 9.10. The number of ether oxygens (including phenoxy) is 2. The monoisotopic (exact) mass is 327 g/mol. The van der Waals surface area contributed by atoms with Crippen LogP contribution in [-0.2, 0) is 6.42 Å². The quantitative estimate of drug-likeness (QED) is 0.918. The molecule has 0 saturated carbocycles. The maximum absolute atomic E-state index is 5.50. The molecule has 1 heterocycles. The number of hydrogen-bond donors (Lipinski definition) is 1. The molecule has 1 aliphatic heterocycles. The first-order valence-corrected chi connectivity index (χ1v) is 7.60. The van der Waals surface area contributed by atoms with E-state index in [1.54, 1.807) is 14.2 Å². The number of nitrogens with one attached hydrogen (secondary N) is 1. The normalized spacial score (nSPS) is 19.3. The third-order valence-corrected chi connectivity index (χ3v) is 4.42. The molecule has 2 rings (SSSR count). The fourth-order valence-corrected chi connectivity index (χ4v) is 3.38. The van der Waals surface area contributed by atoms with E-state index in [0.29, 0.717) is 6.04 Å². The SMILES string of the molecule is COc1c(Br)cc(CC2CCCCN2)c(C)c1OC. The molecule has 0 spiro atoms. The Morgan fingerprint density at radius 1 is 1.26 bits per heavy atom. The maximum atomic E-state index is 5.50. The molecule has 0 amide bonds. The van der Waals surface area contributed by atoms with Crippen molar-refractivity contribution in [3.63, 3.8) is 0 Å². The molecule has 1 aromatic rings. The minimum absolute atomic E-state index is 0.581. The van der Waals surface area contributed by atoms with Gasteiger partial charge in [0.1, 0.15) is 0 Å². The van der Waals surface area contributed by atoms with Crippen LogP contribution in [0.25, 0.3) is 0 Å². The van der Waals surface area contributed by atoms with E-state index in [2.05, 4.69) is 34.2 Å². The fourth-order valence-electron chi connectivity index (χ4n) is 2.76. The number of methoxy groups -OCH3 is 2. The highest BCUT2D eigenvalue weighted by Gasteiger charge is 2.19. The average Bonchev–Trinajstić information content (AvgIpc) is 2.43. The van der Waals surface area contributed by atoms with Crippen LogP contribution < -0.4 is 14.8 Å². The lowest BCUT2D eigenvalue weighted by Gasteiger charge is -2.25. The van der Waals surface area contributed by atoms with Crippen molar-refractivity contribution in [3.05, 3.63) is 21.7 Å². The van der Waals surface area contributed by atoms with Crippen molar-refractivity contribution in [2.75, 3.05) is 20.8 Å². The van der Waals surface area contributed by atoms with Crippen molar-refractivity contribution in [2.24, 2.45) is 0 Å². The van der Waals surface area contributed by atoms with Crippen LogP contribution in [-0.4, -0.2) is 26.8 Å². The summed E-state index contributed by atoms with van der Waals surface area (Å²) in [6.45, 7) is 3.24. The Labute approximate surface area is 123 Å². The first-order chi connectivity index (χ1) is 9.17. The van der Waals surface area contributed by atoms with Crippen molar-refractivity contribution in [3.8, 4) is 11.5 Å². The average molecular weight is 328 g/mol. The van der Waals surface area contributed by atoms with Gasteiger partial charge in [0, 0.05) is 6.04 Å². The minimum Gasteiger partial charge on any atom is -0.493 e. The summed E-state index contributed by atoms with van der Waals surface area (Å²) in [5.41, 5.74) is 2.50. The number of halogens is 1. The van der Waals surface area contributed by atoms with Gasteiger partial charge in [0.05, 0.1) is 18.7 Å². The lowest BCUT2D eigenvalue weighted by molar-refractivity contribution is 0.349. The van der Waals surface area contributed by atoms with E-state index in [1.165, 1.54) is 30.4 Å². The van der Waals surface area contributed by atoms with Crippen LogP contribution in [0.15, 0.2) is 10.5 Å². The van der Waals surface area contributed by atoms with Crippen LogP contribution in [0.4, 0.5) is 0 Å². The molecule has 1 aliphatic rings. The summed E-state index contributed by atoms with van der Waals surface area (Å²) in [7, 11) is 3.37. The van der Waals surface area contributed by atoms with E-state index in [1.807, 2.05) is 0 Å². The molecular formula is C15H22BrNO2. The fraction of sp³-hybridized carbons (Fsp3) is 0.600. The van der Waals surface area contributed by atoms with Gasteiger partial charge in [0.25, 0.3) is 0 Å². The minimum atomic E-state index is 0.581. The summed E-state index contributed by atoms with van der Waals surface area (Å²) in [6.07, 6.45) is 4.92. The van der Waals surface area contributed by atoms with Crippen molar-refractivity contribution >= 4 is 15.9 Å². The Balaban J connectivity index is 2.27. The van der Waals surface area contributed by atoms with Crippen molar-refractivity contribution < 1.29 is 9.47 Å². The standard InChI is InChI=1S/C15H22BrNO2/c1-10-11(8-12-6-4-5-7-17-12)9-13(16)15(19-3)14(10)18-2/h9,12,17H,4-8H2,1-3H3. The largest absolute Gasteiger partial charge is 0.493 e. The molecule has 1 atom stereocenters. The molecule has 4 heteroatoms. The first-order valence-electron chi connectivity index (χ1n) is 6.80. The van der Waals surface area contributed by atoms with Gasteiger partial charge in [-0.3, -0.25) is 0 Å². The molecule has 0 aromatic heterocycles. The van der Waals surface area contributed by atoms with Crippen LogP contribution in [0.2, 0.25) is 0 Å². The van der Waals surface area contributed by atoms with E-state index in [-0.39, 0.29) is 0 Å². The number of hydrogen-bond acceptors (Lipinski definition) is 3. The molecule has 0 aliphatic carbocycles. The summed E-state index contributed by atoms with van der Waals surface area (Å²) in [5, 5.41) is 3.59. The molecule has 106 valence electrons. The topological polar surface area (TPSA) is 30.5 Å². The van der Waals surface area contributed by atoms with Gasteiger partial charge in [-0.05, 0) is 65.9 Å². The van der Waals surface area contributed by atoms with E-state index in [9.17, 15) is 0 Å². The van der Waals surface area contributed by atoms with Crippen molar-refractivity contribution in [1.82, 2.24) is 5.32 Å². The van der Waals surface area contributed by atoms with Crippen LogP contribution in [0.3, 0.4) is 0 Å². The molecule has 0 bridgehead atoms. The van der Waals surface area contributed by atoms with Gasteiger partial charge in [-0.15, -0.1) is 0 Å². The molecular weight excluding hydrogens is 306 g/mol. The molecule has 1 N–H and O–H groups in total. The summed E-state index contributed by atoms with van der Waals surface area (Å²) in [5.74, 6) is 1.61. The molecule has 0 radical (unpaired) electrons. The van der Waals surface area contributed by atoms with Crippen molar-refractivity contribution in [1.29, 1.82) is 0 Å². The van der Waals surface area contributed by atoms with Crippen LogP contribution in [0.5, 0.6) is 11.5 Å². The lowest BCUT2D eigenvalue weighted by atomic mass is 9.95. The zero-order chi connectivity index (χ0) is 13.8. The van der Waals surface area contributed by atoms with Crippen molar-refractivity contribution in [2.45, 2.75) is 38.6 Å². The first kappa shape index (κ1) is 14.7. The highest BCUT2D eigenvalue weighted by Crippen LogP contribution is 2.40. The summed E-state index contributed by atoms with van der Waals surface area (Å²) in [6, 6.07) is 2.74. The van der Waals surface area contributed by atoms with Gasteiger partial charge >= 0.3 is 0 Å². The molecule has 19 heavy (non-hydrogen) atoms. The Kier molecular flexibility index (Phi) is 5.11. The van der Waals surface area contributed by atoms with Crippen LogP contribution in [0, 0.1) is 6.92 Å². The van der Waals surface area contributed by atoms with Crippen LogP contribution in [0.1, 0.15) is 30.4 Å². The zero-order valence-electron chi connectivity index (χ0n) is 11.9. The summed E-state index contributed by atoms with van der Waals surface area (Å²) < 4.78 is 11.9. The lowest BCUT2D eigenvalue weighted by Crippen LogP contribution is -2.35. The van der Waals surface area contributed by atoms with E-state index in [0.717, 1.165) is 28.9 Å². The summed E-state index contributed by atoms with van der Waals surface area (Å²) >= 11 is 3.57. The van der Waals surface area contributed by atoms with E-state index >= 15 is 0 Å². The summed E-state index contributed by atoms with van der Waals surface area (Å²) in [4.78, 5) is 0. The second kappa shape index (κ2) is 6.62. The van der Waals surface area contributed by atoms with Gasteiger partial charge in [-0.2, -0.15) is 0 Å². The Morgan fingerprint density at radius 3 is 2.58 bits per heavy atom. The van der Waals surface area contributed by atoms with Gasteiger partial charge in [0.15, 0.2) is 11.5 Å². The molecule has 1 aromatic carbocycles. The second-order valence-electron chi connectivity index (χ2n) is 5.06. The van der Waals surface area contributed by atoms with Gasteiger partial charge in [-0.1, -0.05) is 6.42 Å². The number of piperidine rings is 1. The smallest absolute Gasteiger partial charge is 0.175 e. The van der Waals surface area contributed by atoms with Gasteiger partial charge in [0.2, 0.25) is 0 Å². The Hall–Kier alpha value is -0.740. The molecule has 1 fully saturated rings. The van der Waals surface area contributed by atoms with Gasteiger partial charge < -0.3 is 14.8 Å². The zero-order valence-corrected chi connectivity index (χ0v) is 13.5. The Bertz CT molecular complexity index is 442. The maximum Gasteiger partial charge on any atom is 0.175 e. The second-order valence-corrected chi connectivity index (χ2v) is 5.91. The third-order valence-electron chi connectivity index (χ3n) is 3.83. The van der Waals surface area contributed by atoms with E-state index < -0.39 is 0 Å². The predicted molar refractivity (Wildman–Crippen MR) is 81.3 cm³/mol. The highest BCUT2D eigenvalue weighted by atomic mass is 79.9. The Morgan fingerprint density at radius 2 is 2.00 bits per heavy atom. The van der Waals surface area contributed by atoms with Crippen LogP contribution >= 0.6 is 15.9 Å². The predicted octanol–water partition coefficient (Wildman–Crippen LogP) is 3.46. The van der Waals surface area contributed by atoms with E-state index in [4.69, 9.17) is 9.47 Å². The third kappa shape index (κ3) is 3.23. The molecule has 1 unspecified atom stereocenters. The molecule has 3 nitrogen and oxygen atoms in total. The number of rotatable bonds is 4. The molecule has 1 saturated heterocycles. The number of benzene rings is 1.